The summed E-state index contributed by atoms with van der Waals surface area (Å²) in [6.45, 7) is 11.5. The van der Waals surface area contributed by atoms with E-state index in [4.69, 9.17) is 0 Å². The molecule has 2 nitrogen and oxygen atoms in total. The lowest BCUT2D eigenvalue weighted by atomic mass is 9.64. The van der Waals surface area contributed by atoms with Crippen molar-refractivity contribution in [3.05, 3.63) is 65.9 Å². The van der Waals surface area contributed by atoms with Gasteiger partial charge in [-0.15, -0.1) is 11.3 Å². The van der Waals surface area contributed by atoms with Crippen LogP contribution in [0, 0.1) is 0 Å². The van der Waals surface area contributed by atoms with Crippen LogP contribution in [0.25, 0.3) is 32.1 Å². The highest BCUT2D eigenvalue weighted by Gasteiger charge is 2.46. The lowest BCUT2D eigenvalue weighted by molar-refractivity contribution is 0.296. The van der Waals surface area contributed by atoms with Gasteiger partial charge in [0.15, 0.2) is 0 Å². The fourth-order valence-electron chi connectivity index (χ4n) is 4.90. The monoisotopic (exact) mass is 400 g/mol. The number of hydrogen-bond acceptors (Lipinski definition) is 2. The second-order valence-electron chi connectivity index (χ2n) is 8.85. The Labute approximate surface area is 176 Å². The lowest BCUT2D eigenvalue weighted by Crippen LogP contribution is -2.53. The van der Waals surface area contributed by atoms with Gasteiger partial charge in [-0.25, -0.2) is 0 Å². The molecule has 0 amide bonds. The second kappa shape index (κ2) is 6.24. The van der Waals surface area contributed by atoms with E-state index in [0.29, 0.717) is 0 Å². The highest BCUT2D eigenvalue weighted by molar-refractivity contribution is 7.21. The summed E-state index contributed by atoms with van der Waals surface area (Å²) in [6, 6.07) is 17.8. The van der Waals surface area contributed by atoms with Gasteiger partial charge in [-0.1, -0.05) is 57.2 Å². The third-order valence-corrected chi connectivity index (χ3v) is 8.25. The van der Waals surface area contributed by atoms with Gasteiger partial charge in [0.1, 0.15) is 5.00 Å². The summed E-state index contributed by atoms with van der Waals surface area (Å²) < 4.78 is 3.78. The Hall–Kier alpha value is -2.52. The van der Waals surface area contributed by atoms with E-state index in [-0.39, 0.29) is 11.0 Å². The van der Waals surface area contributed by atoms with Crippen molar-refractivity contribution in [2.45, 2.75) is 52.0 Å². The van der Waals surface area contributed by atoms with Crippen LogP contribution in [-0.2, 0) is 5.41 Å². The maximum atomic E-state index is 3.99. The first kappa shape index (κ1) is 18.5. The van der Waals surface area contributed by atoms with Gasteiger partial charge in [-0.2, -0.15) is 0 Å². The van der Waals surface area contributed by atoms with E-state index in [1.807, 2.05) is 11.3 Å². The summed E-state index contributed by atoms with van der Waals surface area (Å²) >= 11 is 1.86. The Morgan fingerprint density at radius 1 is 1.07 bits per heavy atom. The molecule has 148 valence electrons. The Balaban J connectivity index is 1.91. The molecule has 1 aliphatic rings. The third-order valence-electron chi connectivity index (χ3n) is 7.15. The number of nitrogens with one attached hydrogen (secondary N) is 1. The molecule has 0 spiro atoms. The van der Waals surface area contributed by atoms with Gasteiger partial charge >= 0.3 is 0 Å². The first-order valence-corrected chi connectivity index (χ1v) is 11.3. The molecule has 0 saturated heterocycles. The van der Waals surface area contributed by atoms with E-state index in [0.717, 1.165) is 6.42 Å². The third kappa shape index (κ3) is 2.40. The molecule has 0 bridgehead atoms. The molecule has 0 saturated carbocycles. The fourth-order valence-corrected chi connectivity index (χ4v) is 5.99. The number of allylic oxidation sites excluding steroid dienone is 1. The topological polar surface area (TPSA) is 17.0 Å². The van der Waals surface area contributed by atoms with Crippen molar-refractivity contribution in [3.8, 4) is 5.00 Å². The number of hydrogen-bond donors (Lipinski definition) is 1. The van der Waals surface area contributed by atoms with Gasteiger partial charge in [0.05, 0.1) is 16.9 Å². The molecule has 5 rings (SSSR count). The van der Waals surface area contributed by atoms with Gasteiger partial charge in [0.25, 0.3) is 0 Å². The maximum absolute atomic E-state index is 3.99. The van der Waals surface area contributed by atoms with Gasteiger partial charge in [0, 0.05) is 21.0 Å². The SMILES string of the molecule is C/C=C\c1c2c3c(cccc3n1-c1cc3ccccc3s1)C(C)(C)[C@@](C)(CC)N2. The molecule has 0 radical (unpaired) electrons. The minimum Gasteiger partial charge on any atom is -0.377 e. The van der Waals surface area contributed by atoms with Crippen molar-refractivity contribution in [3.63, 3.8) is 0 Å². The molecule has 3 heteroatoms. The number of rotatable bonds is 3. The van der Waals surface area contributed by atoms with Crippen LogP contribution < -0.4 is 5.32 Å². The standard InChI is InChI=1S/C26H28N2S/c1-6-11-20-24-23-18(25(3,4)26(5,7-2)27-24)13-10-14-19(23)28(20)22-16-17-12-8-9-15-21(17)29-22/h6,8-16,27H,7H2,1-5H3/b11-6-/t26-/m1/s1. The van der Waals surface area contributed by atoms with Crippen LogP contribution in [-0.4, -0.2) is 10.1 Å². The summed E-state index contributed by atoms with van der Waals surface area (Å²) in [6.07, 6.45) is 5.48. The number of thiophene rings is 1. The van der Waals surface area contributed by atoms with Crippen molar-refractivity contribution in [2.75, 3.05) is 5.32 Å². The zero-order valence-electron chi connectivity index (χ0n) is 17.8. The zero-order valence-corrected chi connectivity index (χ0v) is 18.7. The largest absolute Gasteiger partial charge is 0.377 e. The van der Waals surface area contributed by atoms with Crippen LogP contribution in [0.15, 0.2) is 54.6 Å². The van der Waals surface area contributed by atoms with Crippen LogP contribution in [0.3, 0.4) is 0 Å². The average molecular weight is 401 g/mol. The Morgan fingerprint density at radius 3 is 2.59 bits per heavy atom. The summed E-state index contributed by atoms with van der Waals surface area (Å²) in [5, 5.41) is 7.93. The quantitative estimate of drug-likeness (QED) is 0.372. The van der Waals surface area contributed by atoms with Crippen molar-refractivity contribution >= 4 is 44.1 Å². The van der Waals surface area contributed by atoms with Crippen molar-refractivity contribution < 1.29 is 0 Å². The van der Waals surface area contributed by atoms with E-state index in [2.05, 4.69) is 105 Å². The van der Waals surface area contributed by atoms with E-state index in [1.165, 1.54) is 42.9 Å². The molecule has 1 atom stereocenters. The van der Waals surface area contributed by atoms with Crippen LogP contribution in [0.4, 0.5) is 5.69 Å². The molecule has 0 unspecified atom stereocenters. The van der Waals surface area contributed by atoms with E-state index >= 15 is 0 Å². The van der Waals surface area contributed by atoms with Crippen molar-refractivity contribution in [1.82, 2.24) is 4.57 Å². The highest BCUT2D eigenvalue weighted by atomic mass is 32.1. The Bertz CT molecular complexity index is 1240. The van der Waals surface area contributed by atoms with E-state index in [1.54, 1.807) is 0 Å². The molecule has 29 heavy (non-hydrogen) atoms. The molecule has 0 fully saturated rings. The molecule has 3 heterocycles. The predicted molar refractivity (Wildman–Crippen MR) is 129 cm³/mol. The average Bonchev–Trinajstić information content (AvgIpc) is 3.26. The van der Waals surface area contributed by atoms with Crippen LogP contribution in [0.5, 0.6) is 0 Å². The molecule has 0 aliphatic carbocycles. The predicted octanol–water partition coefficient (Wildman–Crippen LogP) is 7.75. The summed E-state index contributed by atoms with van der Waals surface area (Å²) in [7, 11) is 0. The van der Waals surface area contributed by atoms with E-state index in [9.17, 15) is 0 Å². The number of nitrogens with zero attached hydrogens (tertiary/aromatic N) is 1. The summed E-state index contributed by atoms with van der Waals surface area (Å²) in [4.78, 5) is 0. The maximum Gasteiger partial charge on any atom is 0.101 e. The second-order valence-corrected chi connectivity index (χ2v) is 9.92. The van der Waals surface area contributed by atoms with Crippen LogP contribution in [0.1, 0.15) is 52.3 Å². The molecule has 2 aromatic carbocycles. The van der Waals surface area contributed by atoms with Crippen molar-refractivity contribution in [1.29, 1.82) is 0 Å². The molecule has 4 aromatic rings. The molecule has 2 aromatic heterocycles. The van der Waals surface area contributed by atoms with Gasteiger partial charge in [-0.3, -0.25) is 4.57 Å². The molecule has 1 N–H and O–H groups in total. The number of benzene rings is 2. The van der Waals surface area contributed by atoms with Crippen LogP contribution >= 0.6 is 11.3 Å². The van der Waals surface area contributed by atoms with Gasteiger partial charge in [0.2, 0.25) is 0 Å². The minimum atomic E-state index is -0.00301. The molecular weight excluding hydrogens is 372 g/mol. The summed E-state index contributed by atoms with van der Waals surface area (Å²) in [5.74, 6) is 0. The molecular formula is C26H28N2S. The first-order chi connectivity index (χ1) is 13.9. The van der Waals surface area contributed by atoms with Gasteiger partial charge in [-0.05, 0) is 55.5 Å². The smallest absolute Gasteiger partial charge is 0.101 e. The molecule has 1 aliphatic heterocycles. The Morgan fingerprint density at radius 2 is 1.86 bits per heavy atom. The first-order valence-electron chi connectivity index (χ1n) is 10.5. The van der Waals surface area contributed by atoms with Crippen molar-refractivity contribution in [2.24, 2.45) is 0 Å². The number of anilines is 1. The van der Waals surface area contributed by atoms with Crippen LogP contribution in [0.2, 0.25) is 0 Å². The Kier molecular flexibility index (Phi) is 3.98. The van der Waals surface area contributed by atoms with E-state index < -0.39 is 0 Å². The number of aromatic nitrogens is 1. The lowest BCUT2D eigenvalue weighted by Gasteiger charge is -2.49. The fraction of sp³-hybridized carbons (Fsp3) is 0.308. The zero-order chi connectivity index (χ0) is 20.4. The number of fused-ring (bicyclic) bond motifs is 1. The normalized spacial score (nSPS) is 20.6. The summed E-state index contributed by atoms with van der Waals surface area (Å²) in [5.41, 5.74) is 5.28. The highest BCUT2D eigenvalue weighted by Crippen LogP contribution is 2.52. The minimum absolute atomic E-state index is 0.00301. The van der Waals surface area contributed by atoms with Gasteiger partial charge < -0.3 is 5.32 Å².